The van der Waals surface area contributed by atoms with Crippen LogP contribution in [0, 0.1) is 12.7 Å². The maximum absolute atomic E-state index is 14.3. The molecule has 34 heavy (non-hydrogen) atoms. The number of fused-ring (bicyclic) bond motifs is 1. The van der Waals surface area contributed by atoms with Crippen LogP contribution in [0.2, 0.25) is 0 Å². The number of halogens is 1. The van der Waals surface area contributed by atoms with Crippen LogP contribution in [-0.4, -0.2) is 47.4 Å². The Labute approximate surface area is 202 Å². The number of rotatable bonds is 7. The van der Waals surface area contributed by atoms with Crippen LogP contribution >= 0.6 is 11.3 Å². The third kappa shape index (κ3) is 4.57. The molecule has 1 aromatic heterocycles. The van der Waals surface area contributed by atoms with Gasteiger partial charge in [-0.1, -0.05) is 30.3 Å². The zero-order chi connectivity index (χ0) is 23.7. The number of hydrogen-bond acceptors (Lipinski definition) is 4. The van der Waals surface area contributed by atoms with Gasteiger partial charge in [0.25, 0.3) is 5.91 Å². The first-order valence-electron chi connectivity index (χ1n) is 11.6. The molecule has 0 spiro atoms. The number of thiophene rings is 1. The summed E-state index contributed by atoms with van der Waals surface area (Å²) >= 11 is 1.70. The standard InChI is InChI=1S/C27H27FN2O3S/c1-18-6-2-5-9-24(18)33-17-23-21-13-15-34-25(21)12-14-29(23)26(31)16-30(19-10-11-19)27(32)20-7-3-4-8-22(20)28/h2-9,13,15,19,23H,10-12,14,16-17H2,1H3/t23-/m0/s1. The van der Waals surface area contributed by atoms with Crippen molar-refractivity contribution in [3.63, 3.8) is 0 Å². The van der Waals surface area contributed by atoms with Crippen LogP contribution in [-0.2, 0) is 11.2 Å². The van der Waals surface area contributed by atoms with E-state index < -0.39 is 11.7 Å². The van der Waals surface area contributed by atoms with E-state index in [1.807, 2.05) is 36.1 Å². The molecule has 5 rings (SSSR count). The summed E-state index contributed by atoms with van der Waals surface area (Å²) < 4.78 is 20.5. The Hall–Kier alpha value is -3.19. The number of amides is 2. The molecule has 0 N–H and O–H groups in total. The largest absolute Gasteiger partial charge is 0.491 e. The highest BCUT2D eigenvalue weighted by molar-refractivity contribution is 7.10. The van der Waals surface area contributed by atoms with Gasteiger partial charge in [0.2, 0.25) is 5.91 Å². The van der Waals surface area contributed by atoms with Gasteiger partial charge in [-0.05, 0) is 67.0 Å². The Morgan fingerprint density at radius 2 is 1.88 bits per heavy atom. The molecule has 1 atom stereocenters. The Bertz CT molecular complexity index is 1210. The molecule has 1 aliphatic heterocycles. The summed E-state index contributed by atoms with van der Waals surface area (Å²) in [7, 11) is 0. The van der Waals surface area contributed by atoms with Crippen molar-refractivity contribution < 1.29 is 18.7 Å². The van der Waals surface area contributed by atoms with Crippen molar-refractivity contribution in [1.29, 1.82) is 0 Å². The van der Waals surface area contributed by atoms with Gasteiger partial charge in [-0.2, -0.15) is 0 Å². The second-order valence-electron chi connectivity index (χ2n) is 8.87. The predicted molar refractivity (Wildman–Crippen MR) is 130 cm³/mol. The number of ether oxygens (including phenoxy) is 1. The van der Waals surface area contributed by atoms with Crippen molar-refractivity contribution >= 4 is 23.2 Å². The minimum Gasteiger partial charge on any atom is -0.491 e. The van der Waals surface area contributed by atoms with Crippen LogP contribution in [0.15, 0.2) is 60.0 Å². The lowest BCUT2D eigenvalue weighted by Gasteiger charge is -2.37. The van der Waals surface area contributed by atoms with Crippen LogP contribution in [0.1, 0.15) is 45.2 Å². The summed E-state index contributed by atoms with van der Waals surface area (Å²) in [5.41, 5.74) is 2.16. The highest BCUT2D eigenvalue weighted by Crippen LogP contribution is 2.35. The maximum Gasteiger partial charge on any atom is 0.257 e. The fourth-order valence-electron chi connectivity index (χ4n) is 4.54. The predicted octanol–water partition coefficient (Wildman–Crippen LogP) is 5.01. The fourth-order valence-corrected chi connectivity index (χ4v) is 5.47. The molecular weight excluding hydrogens is 451 g/mol. The maximum atomic E-state index is 14.3. The first-order chi connectivity index (χ1) is 16.5. The van der Waals surface area contributed by atoms with Gasteiger partial charge in [-0.25, -0.2) is 4.39 Å². The highest BCUT2D eigenvalue weighted by atomic mass is 32.1. The molecule has 0 bridgehead atoms. The first kappa shape index (κ1) is 22.6. The van der Waals surface area contributed by atoms with E-state index in [9.17, 15) is 14.0 Å². The molecule has 7 heteroatoms. The zero-order valence-corrected chi connectivity index (χ0v) is 19.9. The monoisotopic (exact) mass is 478 g/mol. The van der Waals surface area contributed by atoms with Crippen LogP contribution < -0.4 is 4.74 Å². The summed E-state index contributed by atoms with van der Waals surface area (Å²) in [5, 5.41) is 2.05. The second-order valence-corrected chi connectivity index (χ2v) is 9.87. The second kappa shape index (κ2) is 9.58. The number of benzene rings is 2. The summed E-state index contributed by atoms with van der Waals surface area (Å²) in [6, 6.07) is 15.6. The van der Waals surface area contributed by atoms with E-state index in [1.165, 1.54) is 17.0 Å². The van der Waals surface area contributed by atoms with E-state index in [-0.39, 0.29) is 30.1 Å². The number of hydrogen-bond donors (Lipinski definition) is 0. The van der Waals surface area contributed by atoms with E-state index in [1.54, 1.807) is 28.4 Å². The minimum absolute atomic E-state index is 0.0143. The van der Waals surface area contributed by atoms with E-state index in [4.69, 9.17) is 4.74 Å². The van der Waals surface area contributed by atoms with E-state index in [2.05, 4.69) is 11.4 Å². The molecule has 3 aromatic rings. The lowest BCUT2D eigenvalue weighted by Crippen LogP contribution is -2.48. The first-order valence-corrected chi connectivity index (χ1v) is 12.5. The summed E-state index contributed by atoms with van der Waals surface area (Å²) in [5.74, 6) is -0.315. The molecule has 2 heterocycles. The third-order valence-corrected chi connectivity index (χ3v) is 7.56. The number of aryl methyl sites for hydroxylation is 1. The van der Waals surface area contributed by atoms with Gasteiger partial charge in [-0.15, -0.1) is 11.3 Å². The number of carbonyl (C=O) groups is 2. The highest BCUT2D eigenvalue weighted by Gasteiger charge is 2.38. The van der Waals surface area contributed by atoms with Gasteiger partial charge in [-0.3, -0.25) is 9.59 Å². The SMILES string of the molecule is Cc1ccccc1OC[C@H]1c2ccsc2CCN1C(=O)CN(C(=O)c1ccccc1F)C1CC1. The van der Waals surface area contributed by atoms with Gasteiger partial charge >= 0.3 is 0 Å². The van der Waals surface area contributed by atoms with Gasteiger partial charge in [0.15, 0.2) is 0 Å². The van der Waals surface area contributed by atoms with Crippen molar-refractivity contribution in [2.45, 2.75) is 38.3 Å². The lowest BCUT2D eigenvalue weighted by atomic mass is 10.00. The van der Waals surface area contributed by atoms with Gasteiger partial charge in [0, 0.05) is 17.5 Å². The number of para-hydroxylation sites is 1. The molecule has 0 unspecified atom stereocenters. The molecule has 176 valence electrons. The molecule has 1 aliphatic carbocycles. The zero-order valence-electron chi connectivity index (χ0n) is 19.1. The smallest absolute Gasteiger partial charge is 0.257 e. The topological polar surface area (TPSA) is 49.9 Å². The molecule has 5 nitrogen and oxygen atoms in total. The van der Waals surface area contributed by atoms with E-state index in [0.717, 1.165) is 36.1 Å². The molecular formula is C27H27FN2O3S. The summed E-state index contributed by atoms with van der Waals surface area (Å²) in [4.78, 5) is 31.4. The van der Waals surface area contributed by atoms with Crippen molar-refractivity contribution in [3.05, 3.63) is 87.4 Å². The van der Waals surface area contributed by atoms with Crippen molar-refractivity contribution in [3.8, 4) is 5.75 Å². The van der Waals surface area contributed by atoms with Crippen LogP contribution in [0.25, 0.3) is 0 Å². The van der Waals surface area contributed by atoms with E-state index in [0.29, 0.717) is 13.2 Å². The molecule has 2 amide bonds. The normalized spacial score (nSPS) is 17.2. The molecule has 1 saturated carbocycles. The summed E-state index contributed by atoms with van der Waals surface area (Å²) in [6.07, 6.45) is 2.45. The Morgan fingerprint density at radius 1 is 1.12 bits per heavy atom. The number of carbonyl (C=O) groups excluding carboxylic acids is 2. The molecule has 1 fully saturated rings. The summed E-state index contributed by atoms with van der Waals surface area (Å²) in [6.45, 7) is 2.85. The number of nitrogens with zero attached hydrogens (tertiary/aromatic N) is 2. The van der Waals surface area contributed by atoms with Gasteiger partial charge in [0.05, 0.1) is 11.6 Å². The molecule has 2 aromatic carbocycles. The van der Waals surface area contributed by atoms with E-state index >= 15 is 0 Å². The fraction of sp³-hybridized carbons (Fsp3) is 0.333. The average Bonchev–Trinajstić information content (AvgIpc) is 3.57. The van der Waals surface area contributed by atoms with Crippen LogP contribution in [0.3, 0.4) is 0 Å². The van der Waals surface area contributed by atoms with Gasteiger partial charge in [0.1, 0.15) is 24.7 Å². The Kier molecular flexibility index (Phi) is 6.37. The minimum atomic E-state index is -0.559. The molecule has 0 radical (unpaired) electrons. The molecule has 2 aliphatic rings. The van der Waals surface area contributed by atoms with Crippen LogP contribution in [0.5, 0.6) is 5.75 Å². The van der Waals surface area contributed by atoms with Crippen molar-refractivity contribution in [1.82, 2.24) is 9.80 Å². The van der Waals surface area contributed by atoms with Gasteiger partial charge < -0.3 is 14.5 Å². The average molecular weight is 479 g/mol. The Balaban J connectivity index is 1.36. The van der Waals surface area contributed by atoms with Crippen molar-refractivity contribution in [2.24, 2.45) is 0 Å². The quantitative estimate of drug-likeness (QED) is 0.480. The third-order valence-electron chi connectivity index (χ3n) is 6.56. The van der Waals surface area contributed by atoms with Crippen molar-refractivity contribution in [2.75, 3.05) is 19.7 Å². The molecule has 0 saturated heterocycles. The lowest BCUT2D eigenvalue weighted by molar-refractivity contribution is -0.135. The van der Waals surface area contributed by atoms with Crippen LogP contribution in [0.4, 0.5) is 4.39 Å². The Morgan fingerprint density at radius 3 is 2.65 bits per heavy atom.